The van der Waals surface area contributed by atoms with Crippen LogP contribution in [0.1, 0.15) is 264 Å². The lowest BCUT2D eigenvalue weighted by Crippen LogP contribution is -2.45. The quantitative estimate of drug-likeness (QED) is 0.0365. The molecule has 0 aliphatic heterocycles. The van der Waals surface area contributed by atoms with Crippen molar-refractivity contribution in [3.63, 3.8) is 0 Å². The first kappa shape index (κ1) is 55.6. The number of amides is 1. The van der Waals surface area contributed by atoms with Crippen LogP contribution in [0.2, 0.25) is 0 Å². The van der Waals surface area contributed by atoms with E-state index in [0.29, 0.717) is 6.42 Å². The Balaban J connectivity index is 3.59. The molecule has 0 heterocycles. The lowest BCUT2D eigenvalue weighted by atomic mass is 10.0. The summed E-state index contributed by atoms with van der Waals surface area (Å²) in [6.45, 7) is 4.21. The zero-order valence-electron chi connectivity index (χ0n) is 38.2. The highest BCUT2D eigenvalue weighted by atomic mass is 16.3. The molecule has 0 radical (unpaired) electrons. The summed E-state index contributed by atoms with van der Waals surface area (Å²) in [6.07, 6.45) is 60.3. The number of unbranched alkanes of at least 4 members (excludes halogenated alkanes) is 33. The van der Waals surface area contributed by atoms with Gasteiger partial charge in [0.1, 0.15) is 0 Å². The van der Waals surface area contributed by atoms with Crippen LogP contribution in [0.15, 0.2) is 36.5 Å². The molecular formula is C52H99NO4. The molecule has 1 amide bonds. The van der Waals surface area contributed by atoms with Crippen LogP contribution < -0.4 is 5.32 Å². The topological polar surface area (TPSA) is 89.8 Å². The van der Waals surface area contributed by atoms with Gasteiger partial charge >= 0.3 is 0 Å². The highest BCUT2D eigenvalue weighted by molar-refractivity contribution is 5.76. The third kappa shape index (κ3) is 44.0. The summed E-state index contributed by atoms with van der Waals surface area (Å²) >= 11 is 0. The molecule has 57 heavy (non-hydrogen) atoms. The van der Waals surface area contributed by atoms with Gasteiger partial charge in [-0.15, -0.1) is 0 Å². The molecule has 0 bridgehead atoms. The maximum Gasteiger partial charge on any atom is 0.222 e. The Labute approximate surface area is 355 Å². The summed E-state index contributed by atoms with van der Waals surface area (Å²) in [5, 5.41) is 33.3. The molecule has 0 aromatic heterocycles. The molecule has 3 unspecified atom stereocenters. The third-order valence-corrected chi connectivity index (χ3v) is 11.6. The standard InChI is InChI=1S/C52H99NO4/c1-3-5-7-9-11-13-15-17-19-20-21-22-23-24-25-26-27-28-29-30-32-33-35-37-39-41-43-45-49(55)47-52(57)53-50(48-54)51(56)46-44-42-40-38-36-34-31-18-16-14-12-10-8-6-4-2/h24-25,36,38,44,46,49-51,54-56H,3-23,26-35,37,39-43,45,47-48H2,1-2H3,(H,53,57)/b25-24-,38-36+,46-44+. The predicted molar refractivity (Wildman–Crippen MR) is 250 cm³/mol. The van der Waals surface area contributed by atoms with E-state index in [9.17, 15) is 20.1 Å². The van der Waals surface area contributed by atoms with Crippen molar-refractivity contribution in [1.82, 2.24) is 5.32 Å². The van der Waals surface area contributed by atoms with Crippen LogP contribution >= 0.6 is 0 Å². The number of rotatable bonds is 46. The first-order valence-corrected chi connectivity index (χ1v) is 25.3. The van der Waals surface area contributed by atoms with Crippen LogP contribution in [0.3, 0.4) is 0 Å². The number of hydrogen-bond acceptors (Lipinski definition) is 4. The molecule has 0 aliphatic carbocycles. The minimum Gasteiger partial charge on any atom is -0.394 e. The monoisotopic (exact) mass is 802 g/mol. The number of aliphatic hydroxyl groups is 3. The summed E-state index contributed by atoms with van der Waals surface area (Å²) < 4.78 is 0. The third-order valence-electron chi connectivity index (χ3n) is 11.6. The van der Waals surface area contributed by atoms with E-state index < -0.39 is 18.2 Å². The van der Waals surface area contributed by atoms with E-state index in [-0.39, 0.29) is 18.9 Å². The number of carbonyl (C=O) groups is 1. The molecule has 5 nitrogen and oxygen atoms in total. The molecule has 0 rings (SSSR count). The van der Waals surface area contributed by atoms with Gasteiger partial charge in [0, 0.05) is 0 Å². The van der Waals surface area contributed by atoms with E-state index in [2.05, 4.69) is 43.5 Å². The van der Waals surface area contributed by atoms with Crippen molar-refractivity contribution in [2.45, 2.75) is 283 Å². The minimum atomic E-state index is -0.951. The molecule has 5 heteroatoms. The number of nitrogens with one attached hydrogen (secondary N) is 1. The van der Waals surface area contributed by atoms with Crippen LogP contribution in [0.4, 0.5) is 0 Å². The molecule has 0 aromatic rings. The van der Waals surface area contributed by atoms with Crippen molar-refractivity contribution < 1.29 is 20.1 Å². The van der Waals surface area contributed by atoms with E-state index in [1.54, 1.807) is 6.08 Å². The average Bonchev–Trinajstić information content (AvgIpc) is 3.20. The first-order valence-electron chi connectivity index (χ1n) is 25.3. The van der Waals surface area contributed by atoms with Crippen molar-refractivity contribution in [3.8, 4) is 0 Å². The largest absolute Gasteiger partial charge is 0.394 e. The van der Waals surface area contributed by atoms with Crippen LogP contribution in [0.5, 0.6) is 0 Å². The van der Waals surface area contributed by atoms with Crippen molar-refractivity contribution >= 4 is 5.91 Å². The van der Waals surface area contributed by atoms with Crippen LogP contribution in [0.25, 0.3) is 0 Å². The summed E-state index contributed by atoms with van der Waals surface area (Å²) in [4.78, 5) is 12.5. The molecule has 0 spiro atoms. The Morgan fingerprint density at radius 2 is 0.754 bits per heavy atom. The fourth-order valence-electron chi connectivity index (χ4n) is 7.76. The van der Waals surface area contributed by atoms with Gasteiger partial charge in [0.15, 0.2) is 0 Å². The summed E-state index contributed by atoms with van der Waals surface area (Å²) in [5.41, 5.74) is 0. The highest BCUT2D eigenvalue weighted by Gasteiger charge is 2.20. The first-order chi connectivity index (χ1) is 28.0. The molecule has 3 atom stereocenters. The zero-order valence-corrected chi connectivity index (χ0v) is 38.2. The molecule has 0 saturated heterocycles. The summed E-state index contributed by atoms with van der Waals surface area (Å²) in [7, 11) is 0. The van der Waals surface area contributed by atoms with Gasteiger partial charge in [0.25, 0.3) is 0 Å². The summed E-state index contributed by atoms with van der Waals surface area (Å²) in [6, 6.07) is -0.760. The highest BCUT2D eigenvalue weighted by Crippen LogP contribution is 2.16. The van der Waals surface area contributed by atoms with E-state index in [1.165, 1.54) is 205 Å². The SMILES string of the molecule is CCCCCCCCCCC/C=C/CC/C=C/C(O)C(CO)NC(=O)CC(O)CCCCCCCCCCCCC/C=C\CCCCCCCCCCCCCC. The van der Waals surface area contributed by atoms with E-state index in [4.69, 9.17) is 0 Å². The van der Waals surface area contributed by atoms with Crippen molar-refractivity contribution in [2.24, 2.45) is 0 Å². The zero-order chi connectivity index (χ0) is 41.5. The maximum absolute atomic E-state index is 12.5. The lowest BCUT2D eigenvalue weighted by Gasteiger charge is -2.21. The molecule has 0 saturated carbocycles. The van der Waals surface area contributed by atoms with Crippen molar-refractivity contribution in [1.29, 1.82) is 0 Å². The maximum atomic E-state index is 12.5. The molecule has 0 fully saturated rings. The molecular weight excluding hydrogens is 703 g/mol. The smallest absolute Gasteiger partial charge is 0.222 e. The average molecular weight is 802 g/mol. The molecule has 0 aromatic carbocycles. The van der Waals surface area contributed by atoms with Crippen molar-refractivity contribution in [2.75, 3.05) is 6.61 Å². The van der Waals surface area contributed by atoms with Crippen LogP contribution in [-0.2, 0) is 4.79 Å². The van der Waals surface area contributed by atoms with E-state index in [0.717, 1.165) is 32.1 Å². The van der Waals surface area contributed by atoms with Gasteiger partial charge < -0.3 is 20.6 Å². The van der Waals surface area contributed by atoms with Gasteiger partial charge in [0.05, 0.1) is 31.3 Å². The van der Waals surface area contributed by atoms with Gasteiger partial charge in [-0.1, -0.05) is 237 Å². The number of hydrogen-bond donors (Lipinski definition) is 4. The number of allylic oxidation sites excluding steroid dienone is 5. The Kier molecular flexibility index (Phi) is 46.1. The predicted octanol–water partition coefficient (Wildman–Crippen LogP) is 15.1. The second kappa shape index (κ2) is 47.3. The Hall–Kier alpha value is -1.43. The van der Waals surface area contributed by atoms with E-state index in [1.807, 2.05) is 6.08 Å². The second-order valence-corrected chi connectivity index (χ2v) is 17.4. The van der Waals surface area contributed by atoms with Gasteiger partial charge in [-0.2, -0.15) is 0 Å². The van der Waals surface area contributed by atoms with Gasteiger partial charge in [0.2, 0.25) is 5.91 Å². The molecule has 0 aliphatic rings. The number of carbonyl (C=O) groups excluding carboxylic acids is 1. The fourth-order valence-corrected chi connectivity index (χ4v) is 7.76. The normalized spacial score (nSPS) is 13.7. The molecule has 4 N–H and O–H groups in total. The van der Waals surface area contributed by atoms with Crippen molar-refractivity contribution in [3.05, 3.63) is 36.5 Å². The van der Waals surface area contributed by atoms with Gasteiger partial charge in [-0.05, 0) is 57.8 Å². The second-order valence-electron chi connectivity index (χ2n) is 17.4. The van der Waals surface area contributed by atoms with Crippen LogP contribution in [-0.4, -0.2) is 46.1 Å². The Bertz CT molecular complexity index is 885. The molecule has 336 valence electrons. The van der Waals surface area contributed by atoms with Gasteiger partial charge in [-0.3, -0.25) is 4.79 Å². The van der Waals surface area contributed by atoms with E-state index >= 15 is 0 Å². The van der Waals surface area contributed by atoms with Crippen LogP contribution in [0, 0.1) is 0 Å². The lowest BCUT2D eigenvalue weighted by molar-refractivity contribution is -0.124. The fraction of sp³-hybridized carbons (Fsp3) is 0.865. The minimum absolute atomic E-state index is 0.00640. The van der Waals surface area contributed by atoms with Gasteiger partial charge in [-0.25, -0.2) is 0 Å². The summed E-state index contributed by atoms with van der Waals surface area (Å²) in [5.74, 6) is -0.324. The Morgan fingerprint density at radius 1 is 0.439 bits per heavy atom. The number of aliphatic hydroxyl groups excluding tert-OH is 3. The Morgan fingerprint density at radius 3 is 1.12 bits per heavy atom.